The van der Waals surface area contributed by atoms with Gasteiger partial charge in [0.15, 0.2) is 0 Å². The molecule has 0 bridgehead atoms. The largest absolute Gasteiger partial charge is 0.488 e. The van der Waals surface area contributed by atoms with Crippen LogP contribution in [0.15, 0.2) is 81.1 Å². The molecule has 4 rings (SSSR count). The highest BCUT2D eigenvalue weighted by atomic mass is 79.9. The highest BCUT2D eigenvalue weighted by molar-refractivity contribution is 9.10. The minimum Gasteiger partial charge on any atom is -0.488 e. The van der Waals surface area contributed by atoms with Crippen LogP contribution in [0.3, 0.4) is 0 Å². The maximum Gasteiger partial charge on any atom is 0.282 e. The monoisotopic (exact) mass is 481 g/mol. The number of hydrogen-bond acceptors (Lipinski definition) is 4. The van der Waals surface area contributed by atoms with Crippen LogP contribution >= 0.6 is 27.5 Å². The third kappa shape index (κ3) is 4.45. The molecular weight excluding hydrogens is 466 g/mol. The molecule has 0 radical (unpaired) electrons. The van der Waals surface area contributed by atoms with Crippen LogP contribution in [0.1, 0.15) is 17.0 Å². The van der Waals surface area contributed by atoms with Gasteiger partial charge in [0.05, 0.1) is 17.1 Å². The molecule has 0 spiro atoms. The molecule has 0 atom stereocenters. The molecule has 0 saturated carbocycles. The van der Waals surface area contributed by atoms with Crippen molar-refractivity contribution in [3.63, 3.8) is 0 Å². The van der Waals surface area contributed by atoms with Crippen molar-refractivity contribution in [2.45, 2.75) is 13.5 Å². The van der Waals surface area contributed by atoms with Crippen molar-refractivity contribution in [3.05, 3.63) is 104 Å². The van der Waals surface area contributed by atoms with Crippen LogP contribution in [-0.4, -0.2) is 15.9 Å². The first kappa shape index (κ1) is 20.3. The lowest BCUT2D eigenvalue weighted by atomic mass is 10.2. The molecule has 0 aliphatic rings. The first-order chi connectivity index (χ1) is 14.5. The maximum atomic E-state index is 12.9. The van der Waals surface area contributed by atoms with Gasteiger partial charge in [0.1, 0.15) is 18.2 Å². The van der Waals surface area contributed by atoms with Crippen LogP contribution in [0.2, 0.25) is 5.02 Å². The lowest BCUT2D eigenvalue weighted by Crippen LogP contribution is -2.20. The fourth-order valence-electron chi connectivity index (χ4n) is 3.00. The van der Waals surface area contributed by atoms with Crippen molar-refractivity contribution in [2.24, 2.45) is 5.10 Å². The molecule has 0 amide bonds. The maximum absolute atomic E-state index is 12.9. The molecule has 0 N–H and O–H groups in total. The summed E-state index contributed by atoms with van der Waals surface area (Å²) in [5, 5.41) is 5.41. The summed E-state index contributed by atoms with van der Waals surface area (Å²) < 4.78 is 8.03. The Balaban J connectivity index is 1.69. The predicted molar refractivity (Wildman–Crippen MR) is 124 cm³/mol. The molecule has 4 aromatic rings. The minimum absolute atomic E-state index is 0.246. The summed E-state index contributed by atoms with van der Waals surface area (Å²) in [6.45, 7) is 2.15. The van der Waals surface area contributed by atoms with Gasteiger partial charge in [-0.15, -0.1) is 0 Å². The van der Waals surface area contributed by atoms with Crippen LogP contribution < -0.4 is 10.3 Å². The normalized spacial score (nSPS) is 11.3. The Morgan fingerprint density at radius 3 is 2.73 bits per heavy atom. The van der Waals surface area contributed by atoms with Gasteiger partial charge in [-0.1, -0.05) is 57.9 Å². The number of rotatable bonds is 5. The molecule has 30 heavy (non-hydrogen) atoms. The van der Waals surface area contributed by atoms with Crippen molar-refractivity contribution < 1.29 is 4.74 Å². The van der Waals surface area contributed by atoms with Gasteiger partial charge in [-0.2, -0.15) is 9.78 Å². The van der Waals surface area contributed by atoms with E-state index in [1.165, 1.54) is 4.68 Å². The first-order valence-electron chi connectivity index (χ1n) is 9.21. The van der Waals surface area contributed by atoms with Crippen LogP contribution in [0.5, 0.6) is 5.75 Å². The molecule has 0 saturated heterocycles. The van der Waals surface area contributed by atoms with E-state index in [1.54, 1.807) is 43.5 Å². The molecule has 5 nitrogen and oxygen atoms in total. The van der Waals surface area contributed by atoms with E-state index >= 15 is 0 Å². The predicted octanol–water partition coefficient (Wildman–Crippen LogP) is 5.58. The van der Waals surface area contributed by atoms with Crippen LogP contribution in [0.25, 0.3) is 10.9 Å². The van der Waals surface area contributed by atoms with E-state index in [2.05, 4.69) is 26.0 Å². The van der Waals surface area contributed by atoms with Gasteiger partial charge in [-0.25, -0.2) is 4.98 Å². The zero-order valence-corrected chi connectivity index (χ0v) is 18.4. The Labute approximate surface area is 186 Å². The third-order valence-corrected chi connectivity index (χ3v) is 5.22. The third-order valence-electron chi connectivity index (χ3n) is 4.49. The molecule has 1 aromatic heterocycles. The number of hydrogen-bond donors (Lipinski definition) is 0. The van der Waals surface area contributed by atoms with E-state index in [4.69, 9.17) is 16.3 Å². The van der Waals surface area contributed by atoms with Crippen molar-refractivity contribution in [1.82, 2.24) is 9.66 Å². The molecule has 0 aliphatic carbocycles. The average Bonchev–Trinajstić information content (AvgIpc) is 2.74. The van der Waals surface area contributed by atoms with Gasteiger partial charge in [0.2, 0.25) is 0 Å². The zero-order chi connectivity index (χ0) is 21.1. The summed E-state index contributed by atoms with van der Waals surface area (Å²) in [6.07, 6.45) is 1.56. The molecular formula is C23H17BrClN3O2. The standard InChI is InChI=1S/C23H17BrClN3O2/c1-15-27-21-9-7-18(24)12-20(21)23(29)28(15)26-13-17-11-19(25)8-10-22(17)30-14-16-5-3-2-4-6-16/h2-13H,14H2,1H3. The second kappa shape index (κ2) is 8.81. The molecule has 1 heterocycles. The van der Waals surface area contributed by atoms with Crippen molar-refractivity contribution in [3.8, 4) is 5.75 Å². The summed E-state index contributed by atoms with van der Waals surface area (Å²) in [5.41, 5.74) is 2.09. The second-order valence-electron chi connectivity index (χ2n) is 6.64. The number of aryl methyl sites for hydroxylation is 1. The fourth-order valence-corrected chi connectivity index (χ4v) is 3.54. The minimum atomic E-state index is -0.246. The van der Waals surface area contributed by atoms with Gasteiger partial charge >= 0.3 is 0 Å². The van der Waals surface area contributed by atoms with E-state index in [0.29, 0.717) is 39.7 Å². The molecule has 0 aliphatic heterocycles. The quantitative estimate of drug-likeness (QED) is 0.349. The average molecular weight is 483 g/mol. The number of fused-ring (bicyclic) bond motifs is 1. The Morgan fingerprint density at radius 2 is 1.93 bits per heavy atom. The lowest BCUT2D eigenvalue weighted by molar-refractivity contribution is 0.306. The van der Waals surface area contributed by atoms with Crippen LogP contribution in [0, 0.1) is 6.92 Å². The Morgan fingerprint density at radius 1 is 1.13 bits per heavy atom. The van der Waals surface area contributed by atoms with Crippen LogP contribution in [-0.2, 0) is 6.61 Å². The molecule has 3 aromatic carbocycles. The Kier molecular flexibility index (Phi) is 5.97. The number of aromatic nitrogens is 2. The molecule has 0 fully saturated rings. The Bertz CT molecular complexity index is 1300. The van der Waals surface area contributed by atoms with Gasteiger partial charge in [-0.3, -0.25) is 4.79 Å². The fraction of sp³-hybridized carbons (Fsp3) is 0.0870. The first-order valence-corrected chi connectivity index (χ1v) is 10.4. The lowest BCUT2D eigenvalue weighted by Gasteiger charge is -2.10. The van der Waals surface area contributed by atoms with Gasteiger partial charge in [0, 0.05) is 15.1 Å². The topological polar surface area (TPSA) is 56.5 Å². The van der Waals surface area contributed by atoms with E-state index in [1.807, 2.05) is 36.4 Å². The van der Waals surface area contributed by atoms with Crippen molar-refractivity contribution >= 4 is 44.6 Å². The van der Waals surface area contributed by atoms with Gasteiger partial charge in [-0.05, 0) is 48.9 Å². The summed E-state index contributed by atoms with van der Waals surface area (Å²) in [7, 11) is 0. The summed E-state index contributed by atoms with van der Waals surface area (Å²) >= 11 is 9.56. The summed E-state index contributed by atoms with van der Waals surface area (Å²) in [4.78, 5) is 17.4. The zero-order valence-electron chi connectivity index (χ0n) is 16.0. The number of nitrogens with zero attached hydrogens (tertiary/aromatic N) is 3. The van der Waals surface area contributed by atoms with E-state index in [0.717, 1.165) is 10.0 Å². The highest BCUT2D eigenvalue weighted by Crippen LogP contribution is 2.23. The van der Waals surface area contributed by atoms with Crippen molar-refractivity contribution in [2.75, 3.05) is 0 Å². The second-order valence-corrected chi connectivity index (χ2v) is 7.99. The molecule has 0 unspecified atom stereocenters. The number of ether oxygens (including phenoxy) is 1. The van der Waals surface area contributed by atoms with E-state index < -0.39 is 0 Å². The van der Waals surface area contributed by atoms with E-state index in [9.17, 15) is 4.79 Å². The van der Waals surface area contributed by atoms with Gasteiger partial charge in [0.25, 0.3) is 5.56 Å². The smallest absolute Gasteiger partial charge is 0.282 e. The molecule has 7 heteroatoms. The summed E-state index contributed by atoms with van der Waals surface area (Å²) in [6, 6.07) is 20.5. The number of benzene rings is 3. The van der Waals surface area contributed by atoms with Gasteiger partial charge < -0.3 is 4.74 Å². The van der Waals surface area contributed by atoms with Crippen LogP contribution in [0.4, 0.5) is 0 Å². The number of halogens is 2. The van der Waals surface area contributed by atoms with E-state index in [-0.39, 0.29) is 5.56 Å². The summed E-state index contributed by atoms with van der Waals surface area (Å²) in [5.74, 6) is 1.11. The molecule has 150 valence electrons. The SMILES string of the molecule is Cc1nc2ccc(Br)cc2c(=O)n1N=Cc1cc(Cl)ccc1OCc1ccccc1. The Hall–Kier alpha value is -2.96. The van der Waals surface area contributed by atoms with Crippen molar-refractivity contribution in [1.29, 1.82) is 0 Å². The highest BCUT2D eigenvalue weighted by Gasteiger charge is 2.09.